The Kier molecular flexibility index (Phi) is 11.4. The lowest BCUT2D eigenvalue weighted by atomic mass is 9.95. The number of carbonyl (C=O) groups is 2. The molecule has 1 aliphatic rings. The van der Waals surface area contributed by atoms with Crippen LogP contribution in [0.2, 0.25) is 0 Å². The van der Waals surface area contributed by atoms with E-state index in [-0.39, 0.29) is 37.4 Å². The average Bonchev–Trinajstić information content (AvgIpc) is 2.90. The lowest BCUT2D eigenvalue weighted by Gasteiger charge is -2.33. The molecule has 1 aliphatic carbocycles. The Hall–Kier alpha value is -3.07. The highest BCUT2D eigenvalue weighted by atomic mass is 32.2. The number of methoxy groups -OCH3 is 1. The predicted octanol–water partition coefficient (Wildman–Crippen LogP) is 5.11. The lowest BCUT2D eigenvalue weighted by molar-refractivity contribution is -0.141. The molecular weight excluding hydrogens is 526 g/mol. The molecule has 0 saturated heterocycles. The summed E-state index contributed by atoms with van der Waals surface area (Å²) in [5.41, 5.74) is 3.44. The summed E-state index contributed by atoms with van der Waals surface area (Å²) in [7, 11) is -1.94. The Bertz CT molecular complexity index is 1220. The Balaban J connectivity index is 1.77. The summed E-state index contributed by atoms with van der Waals surface area (Å²) in [6, 6.07) is 12.7. The molecule has 220 valence electrons. The van der Waals surface area contributed by atoms with Crippen molar-refractivity contribution in [2.45, 2.75) is 90.8 Å². The van der Waals surface area contributed by atoms with E-state index < -0.39 is 16.1 Å². The van der Waals surface area contributed by atoms with E-state index >= 15 is 0 Å². The summed E-state index contributed by atoms with van der Waals surface area (Å²) >= 11 is 0. The van der Waals surface area contributed by atoms with E-state index in [1.165, 1.54) is 17.0 Å². The minimum Gasteiger partial charge on any atom is -0.497 e. The number of hydrogen-bond acceptors (Lipinski definition) is 5. The highest BCUT2D eigenvalue weighted by molar-refractivity contribution is 7.92. The zero-order chi connectivity index (χ0) is 29.3. The fourth-order valence-electron chi connectivity index (χ4n) is 5.49. The smallest absolute Gasteiger partial charge is 0.243 e. The highest BCUT2D eigenvalue weighted by Gasteiger charge is 2.30. The molecule has 2 amide bonds. The van der Waals surface area contributed by atoms with Gasteiger partial charge in [0.25, 0.3) is 0 Å². The average molecular weight is 572 g/mol. The molecule has 0 unspecified atom stereocenters. The molecule has 0 heterocycles. The van der Waals surface area contributed by atoms with Crippen molar-refractivity contribution in [3.63, 3.8) is 0 Å². The summed E-state index contributed by atoms with van der Waals surface area (Å²) < 4.78 is 31.9. The first kappa shape index (κ1) is 31.5. The normalized spacial score (nSPS) is 14.8. The first-order valence-electron chi connectivity index (χ1n) is 14.3. The van der Waals surface area contributed by atoms with Gasteiger partial charge in [0.2, 0.25) is 21.8 Å². The number of nitrogens with one attached hydrogen (secondary N) is 1. The van der Waals surface area contributed by atoms with Gasteiger partial charge in [0.15, 0.2) is 0 Å². The molecular formula is C31H45N3O5S. The molecule has 3 rings (SSSR count). The quantitative estimate of drug-likeness (QED) is 0.360. The summed E-state index contributed by atoms with van der Waals surface area (Å²) in [6.07, 6.45) is 7.46. The van der Waals surface area contributed by atoms with Crippen LogP contribution in [0.1, 0.15) is 75.0 Å². The first-order chi connectivity index (χ1) is 19.0. The Labute approximate surface area is 240 Å². The van der Waals surface area contributed by atoms with Crippen molar-refractivity contribution in [3.8, 4) is 5.75 Å². The number of benzene rings is 2. The minimum absolute atomic E-state index is 0.121. The third kappa shape index (κ3) is 8.98. The van der Waals surface area contributed by atoms with E-state index in [4.69, 9.17) is 4.74 Å². The van der Waals surface area contributed by atoms with E-state index in [9.17, 15) is 18.0 Å². The summed E-state index contributed by atoms with van der Waals surface area (Å²) in [6.45, 7) is 6.24. The fraction of sp³-hybridized carbons (Fsp3) is 0.548. The van der Waals surface area contributed by atoms with E-state index in [1.807, 2.05) is 63.2 Å². The maximum Gasteiger partial charge on any atom is 0.243 e. The summed E-state index contributed by atoms with van der Waals surface area (Å²) in [5.74, 6) is 0.426. The molecule has 0 aromatic heterocycles. The van der Waals surface area contributed by atoms with Gasteiger partial charge in [0, 0.05) is 25.6 Å². The maximum atomic E-state index is 13.7. The van der Waals surface area contributed by atoms with Crippen LogP contribution >= 0.6 is 0 Å². The number of ether oxygens (including phenoxy) is 1. The number of aryl methyl sites for hydroxylation is 2. The van der Waals surface area contributed by atoms with Gasteiger partial charge in [-0.05, 0) is 80.5 Å². The van der Waals surface area contributed by atoms with Crippen LogP contribution in [0.15, 0.2) is 42.5 Å². The van der Waals surface area contributed by atoms with Crippen molar-refractivity contribution in [3.05, 3.63) is 59.2 Å². The third-order valence-electron chi connectivity index (χ3n) is 7.50. The molecule has 9 heteroatoms. The van der Waals surface area contributed by atoms with Crippen molar-refractivity contribution < 1.29 is 22.7 Å². The topological polar surface area (TPSA) is 96.0 Å². The van der Waals surface area contributed by atoms with E-state index in [0.29, 0.717) is 18.5 Å². The number of anilines is 1. The van der Waals surface area contributed by atoms with Crippen LogP contribution in [-0.4, -0.2) is 57.1 Å². The second kappa shape index (κ2) is 14.5. The van der Waals surface area contributed by atoms with Gasteiger partial charge in [0.1, 0.15) is 11.8 Å². The van der Waals surface area contributed by atoms with Crippen LogP contribution < -0.4 is 14.4 Å². The molecule has 1 N–H and O–H groups in total. The molecule has 0 bridgehead atoms. The van der Waals surface area contributed by atoms with Crippen LogP contribution in [0, 0.1) is 13.8 Å². The largest absolute Gasteiger partial charge is 0.497 e. The Morgan fingerprint density at radius 2 is 1.65 bits per heavy atom. The standard InChI is InChI=1S/C31H45N3O5S/c1-6-29(31(36)32-26-11-8-7-9-12-26)33(22-25-14-16-28(39-4)17-15-25)30(35)13-10-18-34(40(5,37)38)27-20-23(2)19-24(3)21-27/h14-17,19-21,26,29H,6-13,18,22H2,1-5H3,(H,32,36)/t29-/m0/s1. The van der Waals surface area contributed by atoms with Crippen LogP contribution in [-0.2, 0) is 26.2 Å². The summed E-state index contributed by atoms with van der Waals surface area (Å²) in [5, 5.41) is 3.20. The SMILES string of the molecule is CC[C@@H](C(=O)NC1CCCCC1)N(Cc1ccc(OC)cc1)C(=O)CCCN(c1cc(C)cc(C)c1)S(C)(=O)=O. The number of hydrogen-bond donors (Lipinski definition) is 1. The predicted molar refractivity (Wildman–Crippen MR) is 160 cm³/mol. The van der Waals surface area contributed by atoms with Crippen LogP contribution in [0.25, 0.3) is 0 Å². The number of carbonyl (C=O) groups excluding carboxylic acids is 2. The number of rotatable bonds is 13. The fourth-order valence-corrected chi connectivity index (χ4v) is 6.44. The molecule has 2 aromatic rings. The second-order valence-corrected chi connectivity index (χ2v) is 12.8. The zero-order valence-electron chi connectivity index (χ0n) is 24.6. The Morgan fingerprint density at radius 1 is 1.02 bits per heavy atom. The molecule has 0 spiro atoms. The number of amides is 2. The van der Waals surface area contributed by atoms with Crippen molar-refractivity contribution in [1.82, 2.24) is 10.2 Å². The lowest BCUT2D eigenvalue weighted by Crippen LogP contribution is -2.51. The van der Waals surface area contributed by atoms with Crippen molar-refractivity contribution in [1.29, 1.82) is 0 Å². The maximum absolute atomic E-state index is 13.7. The third-order valence-corrected chi connectivity index (χ3v) is 8.69. The summed E-state index contributed by atoms with van der Waals surface area (Å²) in [4.78, 5) is 28.8. The molecule has 0 radical (unpaired) electrons. The van der Waals surface area contributed by atoms with Gasteiger partial charge >= 0.3 is 0 Å². The van der Waals surface area contributed by atoms with Gasteiger partial charge in [-0.15, -0.1) is 0 Å². The zero-order valence-corrected chi connectivity index (χ0v) is 25.4. The molecule has 1 atom stereocenters. The number of sulfonamides is 1. The van der Waals surface area contributed by atoms with Gasteiger partial charge < -0.3 is 15.0 Å². The minimum atomic E-state index is -3.54. The van der Waals surface area contributed by atoms with Crippen molar-refractivity contribution >= 4 is 27.5 Å². The molecule has 0 aliphatic heterocycles. The van der Waals surface area contributed by atoms with Crippen molar-refractivity contribution in [2.24, 2.45) is 0 Å². The van der Waals surface area contributed by atoms with Gasteiger partial charge in [0.05, 0.1) is 19.1 Å². The molecule has 1 fully saturated rings. The Morgan fingerprint density at radius 3 is 2.20 bits per heavy atom. The monoisotopic (exact) mass is 571 g/mol. The van der Waals surface area contributed by atoms with Crippen LogP contribution in [0.4, 0.5) is 5.69 Å². The van der Waals surface area contributed by atoms with E-state index in [2.05, 4.69) is 5.32 Å². The van der Waals surface area contributed by atoms with E-state index in [1.54, 1.807) is 12.0 Å². The van der Waals surface area contributed by atoms with E-state index in [0.717, 1.165) is 48.1 Å². The highest BCUT2D eigenvalue weighted by Crippen LogP contribution is 2.23. The first-order valence-corrected chi connectivity index (χ1v) is 16.2. The van der Waals surface area contributed by atoms with Gasteiger partial charge in [-0.3, -0.25) is 13.9 Å². The van der Waals surface area contributed by atoms with Gasteiger partial charge in [-0.1, -0.05) is 44.4 Å². The second-order valence-electron chi connectivity index (χ2n) is 10.9. The molecule has 2 aromatic carbocycles. The molecule has 8 nitrogen and oxygen atoms in total. The van der Waals surface area contributed by atoms with Crippen LogP contribution in [0.3, 0.4) is 0 Å². The van der Waals surface area contributed by atoms with Crippen molar-refractivity contribution in [2.75, 3.05) is 24.2 Å². The van der Waals surface area contributed by atoms with Crippen LogP contribution in [0.5, 0.6) is 5.75 Å². The number of nitrogens with zero attached hydrogens (tertiary/aromatic N) is 2. The molecule has 1 saturated carbocycles. The van der Waals surface area contributed by atoms with Gasteiger partial charge in [-0.2, -0.15) is 0 Å². The molecule has 40 heavy (non-hydrogen) atoms. The van der Waals surface area contributed by atoms with Gasteiger partial charge in [-0.25, -0.2) is 8.42 Å².